The molecule has 0 bridgehead atoms. The number of rotatable bonds is 5. The van der Waals surface area contributed by atoms with Crippen molar-refractivity contribution in [1.29, 1.82) is 0 Å². The highest BCUT2D eigenvalue weighted by molar-refractivity contribution is 7.14. The van der Waals surface area contributed by atoms with Crippen molar-refractivity contribution in [1.82, 2.24) is 9.97 Å². The molecule has 3 rings (SSSR count). The van der Waals surface area contributed by atoms with Gasteiger partial charge in [-0.3, -0.25) is 9.59 Å². The Labute approximate surface area is 152 Å². The molecule has 0 unspecified atom stereocenters. The number of nitrogens with zero attached hydrogens (tertiary/aromatic N) is 2. The minimum Gasteiger partial charge on any atom is -0.320 e. The van der Waals surface area contributed by atoms with E-state index in [1.807, 2.05) is 30.3 Å². The normalized spacial score (nSPS) is 10.3. The summed E-state index contributed by atoms with van der Waals surface area (Å²) in [6.45, 7) is 0. The zero-order chi connectivity index (χ0) is 17.6. The lowest BCUT2D eigenvalue weighted by Crippen LogP contribution is -2.15. The number of halogens is 1. The zero-order valence-electron chi connectivity index (χ0n) is 12.9. The molecule has 2 aromatic heterocycles. The maximum absolute atomic E-state index is 12.2. The smallest absolute Gasteiger partial charge is 0.275 e. The highest BCUT2D eigenvalue weighted by atomic mass is 35.5. The zero-order valence-corrected chi connectivity index (χ0v) is 14.5. The highest BCUT2D eigenvalue weighted by Gasteiger charge is 2.13. The Bertz CT molecular complexity index is 898. The molecular formula is C17H13ClN4O2S. The number of benzene rings is 1. The van der Waals surface area contributed by atoms with Gasteiger partial charge in [-0.2, -0.15) is 0 Å². The summed E-state index contributed by atoms with van der Waals surface area (Å²) in [5.41, 5.74) is 1.64. The van der Waals surface area contributed by atoms with Crippen LogP contribution in [0.25, 0.3) is 0 Å². The third-order valence-electron chi connectivity index (χ3n) is 3.18. The van der Waals surface area contributed by atoms with Crippen LogP contribution in [0, 0.1) is 0 Å². The minimum absolute atomic E-state index is 0.187. The first-order valence-electron chi connectivity index (χ1n) is 7.32. The third-order valence-corrected chi connectivity index (χ3v) is 4.14. The predicted molar refractivity (Wildman–Crippen MR) is 98.1 cm³/mol. The second kappa shape index (κ2) is 7.87. The van der Waals surface area contributed by atoms with Gasteiger partial charge in [0.05, 0.1) is 6.42 Å². The van der Waals surface area contributed by atoms with Crippen LogP contribution in [0.3, 0.4) is 0 Å². The number of hydrogen-bond acceptors (Lipinski definition) is 5. The third kappa shape index (κ3) is 4.85. The van der Waals surface area contributed by atoms with Gasteiger partial charge in [-0.1, -0.05) is 41.9 Å². The van der Waals surface area contributed by atoms with Gasteiger partial charge >= 0.3 is 0 Å². The molecule has 8 heteroatoms. The lowest BCUT2D eigenvalue weighted by molar-refractivity contribution is -0.115. The van der Waals surface area contributed by atoms with E-state index < -0.39 is 0 Å². The monoisotopic (exact) mass is 372 g/mol. The summed E-state index contributed by atoms with van der Waals surface area (Å²) in [5, 5.41) is 7.61. The Hall–Kier alpha value is -2.77. The van der Waals surface area contributed by atoms with E-state index in [2.05, 4.69) is 20.6 Å². The van der Waals surface area contributed by atoms with E-state index in [1.54, 1.807) is 11.4 Å². The summed E-state index contributed by atoms with van der Waals surface area (Å²) >= 11 is 6.97. The molecular weight excluding hydrogens is 360 g/mol. The van der Waals surface area contributed by atoms with Crippen LogP contribution in [0.2, 0.25) is 5.15 Å². The molecule has 0 radical (unpaired) electrons. The fourth-order valence-electron chi connectivity index (χ4n) is 2.06. The molecule has 0 aliphatic rings. The topological polar surface area (TPSA) is 84.0 Å². The van der Waals surface area contributed by atoms with Gasteiger partial charge in [-0.25, -0.2) is 9.97 Å². The molecule has 0 fully saturated rings. The average molecular weight is 373 g/mol. The average Bonchev–Trinajstić information content (AvgIpc) is 3.04. The number of anilines is 2. The van der Waals surface area contributed by atoms with Crippen molar-refractivity contribution in [2.24, 2.45) is 0 Å². The quantitative estimate of drug-likeness (QED) is 0.670. The Morgan fingerprint density at radius 3 is 2.68 bits per heavy atom. The molecule has 6 nitrogen and oxygen atoms in total. The van der Waals surface area contributed by atoms with Gasteiger partial charge < -0.3 is 10.6 Å². The number of thiazole rings is 1. The molecule has 1 aromatic carbocycles. The highest BCUT2D eigenvalue weighted by Crippen LogP contribution is 2.18. The first-order valence-corrected chi connectivity index (χ1v) is 8.58. The van der Waals surface area contributed by atoms with Crippen LogP contribution in [0.1, 0.15) is 16.1 Å². The second-order valence-corrected chi connectivity index (χ2v) is 6.32. The molecule has 126 valence electrons. The number of hydrogen-bond donors (Lipinski definition) is 2. The first kappa shape index (κ1) is 17.1. The predicted octanol–water partition coefficient (Wildman–Crippen LogP) is 3.63. The van der Waals surface area contributed by atoms with Crippen molar-refractivity contribution < 1.29 is 9.59 Å². The molecule has 2 N–H and O–H groups in total. The Morgan fingerprint density at radius 1 is 1.12 bits per heavy atom. The lowest BCUT2D eigenvalue weighted by Gasteiger charge is -2.03. The Balaban J connectivity index is 1.60. The molecule has 2 amide bonds. The summed E-state index contributed by atoms with van der Waals surface area (Å²) in [6.07, 6.45) is 1.74. The molecule has 0 spiro atoms. The van der Waals surface area contributed by atoms with Gasteiger partial charge in [0.25, 0.3) is 5.91 Å². The summed E-state index contributed by atoms with van der Waals surface area (Å²) in [7, 11) is 0. The van der Waals surface area contributed by atoms with Gasteiger partial charge in [0, 0.05) is 17.3 Å². The number of amides is 2. The molecule has 0 aliphatic carbocycles. The fraction of sp³-hybridized carbons (Fsp3) is 0.0588. The van der Waals surface area contributed by atoms with E-state index in [9.17, 15) is 9.59 Å². The number of aromatic nitrogens is 2. The van der Waals surface area contributed by atoms with Crippen molar-refractivity contribution >= 4 is 45.6 Å². The summed E-state index contributed by atoms with van der Waals surface area (Å²) in [4.78, 5) is 32.2. The van der Waals surface area contributed by atoms with Crippen molar-refractivity contribution in [3.05, 3.63) is 70.5 Å². The first-order chi connectivity index (χ1) is 12.1. The maximum atomic E-state index is 12.2. The lowest BCUT2D eigenvalue weighted by atomic mass is 10.1. The minimum atomic E-state index is -0.387. The second-order valence-electron chi connectivity index (χ2n) is 5.07. The molecule has 0 saturated heterocycles. The number of nitrogens with one attached hydrogen (secondary N) is 2. The molecule has 2 heterocycles. The van der Waals surface area contributed by atoms with Crippen LogP contribution in [-0.2, 0) is 11.2 Å². The standard InChI is InChI=1S/C17H13ClN4O2S/c18-14-9-12(6-7-19-14)20-16(24)13-10-25-17(21-13)22-15(23)8-11-4-2-1-3-5-11/h1-7,9-10H,8H2,(H,19,20,24)(H,21,22,23). The summed E-state index contributed by atoms with van der Waals surface area (Å²) in [5.74, 6) is -0.574. The fourth-order valence-corrected chi connectivity index (χ4v) is 2.94. The maximum Gasteiger partial charge on any atom is 0.275 e. The molecule has 0 saturated carbocycles. The number of carbonyl (C=O) groups excluding carboxylic acids is 2. The number of pyridine rings is 1. The van der Waals surface area contributed by atoms with Crippen LogP contribution in [-0.4, -0.2) is 21.8 Å². The van der Waals surface area contributed by atoms with Crippen LogP contribution in [0.15, 0.2) is 54.0 Å². The molecule has 0 atom stereocenters. The van der Waals surface area contributed by atoms with Crippen molar-refractivity contribution in [3.63, 3.8) is 0 Å². The van der Waals surface area contributed by atoms with Crippen LogP contribution >= 0.6 is 22.9 Å². The van der Waals surface area contributed by atoms with E-state index in [-0.39, 0.29) is 29.1 Å². The molecule has 25 heavy (non-hydrogen) atoms. The molecule has 3 aromatic rings. The molecule has 0 aliphatic heterocycles. The van der Waals surface area contributed by atoms with Crippen molar-refractivity contribution in [2.75, 3.05) is 10.6 Å². The number of carbonyl (C=O) groups is 2. The SMILES string of the molecule is O=C(Cc1ccccc1)Nc1nc(C(=O)Nc2ccnc(Cl)c2)cs1. The van der Waals surface area contributed by atoms with Crippen molar-refractivity contribution in [3.8, 4) is 0 Å². The van der Waals surface area contributed by atoms with Crippen LogP contribution in [0.4, 0.5) is 10.8 Å². The van der Waals surface area contributed by atoms with E-state index >= 15 is 0 Å². The van der Waals surface area contributed by atoms with Crippen molar-refractivity contribution in [2.45, 2.75) is 6.42 Å². The summed E-state index contributed by atoms with van der Waals surface area (Å²) in [6, 6.07) is 12.6. The van der Waals surface area contributed by atoms with Gasteiger partial charge in [0.1, 0.15) is 10.8 Å². The summed E-state index contributed by atoms with van der Waals surface area (Å²) < 4.78 is 0. The van der Waals surface area contributed by atoms with E-state index in [4.69, 9.17) is 11.6 Å². The largest absolute Gasteiger partial charge is 0.320 e. The van der Waals surface area contributed by atoms with E-state index in [1.165, 1.54) is 23.6 Å². The van der Waals surface area contributed by atoms with Crippen LogP contribution < -0.4 is 10.6 Å². The Kier molecular flexibility index (Phi) is 5.37. The van der Waals surface area contributed by atoms with Gasteiger partial charge in [0.2, 0.25) is 5.91 Å². The Morgan fingerprint density at radius 2 is 1.92 bits per heavy atom. The van der Waals surface area contributed by atoms with Gasteiger partial charge in [-0.05, 0) is 17.7 Å². The van der Waals surface area contributed by atoms with Gasteiger partial charge in [0.15, 0.2) is 5.13 Å². The van der Waals surface area contributed by atoms with Crippen LogP contribution in [0.5, 0.6) is 0 Å². The van der Waals surface area contributed by atoms with E-state index in [0.717, 1.165) is 5.56 Å². The van der Waals surface area contributed by atoms with E-state index in [0.29, 0.717) is 10.8 Å². The van der Waals surface area contributed by atoms with Gasteiger partial charge in [-0.15, -0.1) is 11.3 Å².